The molecule has 0 saturated heterocycles. The average molecular weight is 565 g/mol. The maximum Gasteiger partial charge on any atom is 0.282 e. The second kappa shape index (κ2) is 9.32. The smallest absolute Gasteiger partial charge is 0.282 e. The number of H-pyrrole nitrogens is 1. The van der Waals surface area contributed by atoms with E-state index in [1.54, 1.807) is 29.0 Å². The average Bonchev–Trinajstić information content (AvgIpc) is 3.71. The van der Waals surface area contributed by atoms with Crippen molar-refractivity contribution in [2.75, 3.05) is 0 Å². The molecular formula is C28H22ClFN4O4S. The van der Waals surface area contributed by atoms with E-state index in [0.717, 1.165) is 5.56 Å². The number of benzene rings is 2. The van der Waals surface area contributed by atoms with Crippen molar-refractivity contribution < 1.29 is 17.6 Å². The number of fused-ring (bicyclic) bond motifs is 2. The van der Waals surface area contributed by atoms with Gasteiger partial charge in [0.1, 0.15) is 11.5 Å². The van der Waals surface area contributed by atoms with Gasteiger partial charge in [0, 0.05) is 45.4 Å². The van der Waals surface area contributed by atoms with E-state index in [-0.39, 0.29) is 22.8 Å². The van der Waals surface area contributed by atoms with Gasteiger partial charge in [-0.25, -0.2) is 17.5 Å². The van der Waals surface area contributed by atoms with Gasteiger partial charge in [0.05, 0.1) is 22.3 Å². The Bertz CT molecular complexity index is 1980. The van der Waals surface area contributed by atoms with Crippen LogP contribution in [0.15, 0.2) is 65.7 Å². The molecule has 0 radical (unpaired) electrons. The van der Waals surface area contributed by atoms with Gasteiger partial charge in [0.25, 0.3) is 11.5 Å². The lowest BCUT2D eigenvalue weighted by molar-refractivity contribution is 0.0974. The monoisotopic (exact) mass is 564 g/mol. The van der Waals surface area contributed by atoms with Crippen LogP contribution in [-0.2, 0) is 16.6 Å². The Labute approximate surface area is 227 Å². The van der Waals surface area contributed by atoms with E-state index in [0.29, 0.717) is 45.8 Å². The number of amides is 1. The van der Waals surface area contributed by atoms with Gasteiger partial charge in [-0.15, -0.1) is 0 Å². The Morgan fingerprint density at radius 1 is 1.18 bits per heavy atom. The third kappa shape index (κ3) is 4.49. The summed E-state index contributed by atoms with van der Waals surface area (Å²) in [5.41, 5.74) is 2.53. The fourth-order valence-corrected chi connectivity index (χ4v) is 6.39. The molecule has 5 aromatic rings. The highest BCUT2D eigenvalue weighted by Crippen LogP contribution is 2.37. The first-order valence-corrected chi connectivity index (χ1v) is 14.2. The predicted octanol–water partition coefficient (Wildman–Crippen LogP) is 4.92. The fourth-order valence-electron chi connectivity index (χ4n) is 4.85. The summed E-state index contributed by atoms with van der Waals surface area (Å²) < 4.78 is 43.4. The number of halogens is 2. The first kappa shape index (κ1) is 25.3. The molecule has 198 valence electrons. The molecule has 0 spiro atoms. The van der Waals surface area contributed by atoms with Gasteiger partial charge in [-0.2, -0.15) is 0 Å². The molecule has 11 heteroatoms. The van der Waals surface area contributed by atoms with Gasteiger partial charge in [-0.1, -0.05) is 23.2 Å². The van der Waals surface area contributed by atoms with Crippen LogP contribution in [0.5, 0.6) is 0 Å². The van der Waals surface area contributed by atoms with Gasteiger partial charge in [-0.3, -0.25) is 14.6 Å². The molecule has 1 amide bonds. The van der Waals surface area contributed by atoms with Gasteiger partial charge in [0.2, 0.25) is 10.0 Å². The molecule has 6 rings (SSSR count). The van der Waals surface area contributed by atoms with Crippen LogP contribution in [0.2, 0.25) is 5.02 Å². The second-order valence-electron chi connectivity index (χ2n) is 9.68. The van der Waals surface area contributed by atoms with E-state index >= 15 is 0 Å². The maximum atomic E-state index is 14.0. The number of nitrogens with zero attached hydrogens (tertiary/aromatic N) is 2. The number of aromatic nitrogens is 3. The quantitative estimate of drug-likeness (QED) is 0.304. The number of carbonyl (C=O) groups is 1. The van der Waals surface area contributed by atoms with Crippen molar-refractivity contribution in [3.63, 3.8) is 0 Å². The number of aromatic amines is 1. The zero-order chi connectivity index (χ0) is 27.5. The zero-order valence-corrected chi connectivity index (χ0v) is 22.2. The van der Waals surface area contributed by atoms with Gasteiger partial charge >= 0.3 is 0 Å². The highest BCUT2D eigenvalue weighted by Gasteiger charge is 2.38. The lowest BCUT2D eigenvalue weighted by Gasteiger charge is -2.14. The summed E-state index contributed by atoms with van der Waals surface area (Å²) in [5, 5.41) is 0.628. The first-order chi connectivity index (χ1) is 18.6. The minimum Gasteiger partial charge on any atom is -0.331 e. The molecule has 0 unspecified atom stereocenters. The van der Waals surface area contributed by atoms with E-state index < -0.39 is 32.6 Å². The van der Waals surface area contributed by atoms with E-state index in [1.807, 2.05) is 19.1 Å². The highest BCUT2D eigenvalue weighted by molar-refractivity contribution is 7.91. The lowest BCUT2D eigenvalue weighted by Crippen LogP contribution is -2.35. The van der Waals surface area contributed by atoms with Crippen molar-refractivity contribution in [1.82, 2.24) is 19.3 Å². The maximum absolute atomic E-state index is 14.0. The largest absolute Gasteiger partial charge is 0.331 e. The lowest BCUT2D eigenvalue weighted by atomic mass is 10.0. The minimum absolute atomic E-state index is 0.00747. The molecule has 8 nitrogen and oxygen atoms in total. The second-order valence-corrected chi connectivity index (χ2v) is 12.0. The van der Waals surface area contributed by atoms with Crippen LogP contribution in [-0.4, -0.2) is 34.1 Å². The molecule has 0 aliphatic heterocycles. The Morgan fingerprint density at radius 3 is 2.72 bits per heavy atom. The fraction of sp³-hybridized carbons (Fsp3) is 0.179. The Hall–Kier alpha value is -4.02. The number of sulfonamides is 1. The Balaban J connectivity index is 1.62. The molecule has 1 saturated carbocycles. The molecule has 0 bridgehead atoms. The van der Waals surface area contributed by atoms with E-state index in [4.69, 9.17) is 11.6 Å². The van der Waals surface area contributed by atoms with Crippen molar-refractivity contribution in [2.24, 2.45) is 0 Å². The standard InChI is InChI=1S/C28H22ClFN4O4S/c1-15-4-9-23-21(11-15)24(19-3-2-10-31-27(19)35)26(28(36)33-39(37,38)18-6-7-18)34(23)14-16-13-32-22-8-5-17(30)12-20(22)25(16)29/h2-5,8-13,18H,6-7,14H2,1H3,(H,31,35)(H,33,36). The summed E-state index contributed by atoms with van der Waals surface area (Å²) in [6, 6.07) is 12.8. The molecular weight excluding hydrogens is 543 g/mol. The summed E-state index contributed by atoms with van der Waals surface area (Å²) in [7, 11) is -3.90. The summed E-state index contributed by atoms with van der Waals surface area (Å²) in [5.74, 6) is -1.33. The number of hydrogen-bond acceptors (Lipinski definition) is 5. The number of carbonyl (C=O) groups excluding carboxylic acids is 1. The van der Waals surface area contributed by atoms with Crippen LogP contribution in [0.25, 0.3) is 32.9 Å². The number of rotatable bonds is 6. The van der Waals surface area contributed by atoms with Crippen LogP contribution < -0.4 is 10.3 Å². The van der Waals surface area contributed by atoms with Crippen LogP contribution >= 0.6 is 11.6 Å². The van der Waals surface area contributed by atoms with E-state index in [9.17, 15) is 22.4 Å². The first-order valence-electron chi connectivity index (χ1n) is 12.2. The summed E-state index contributed by atoms with van der Waals surface area (Å²) in [6.45, 7) is 1.89. The van der Waals surface area contributed by atoms with Gasteiger partial charge in [0.15, 0.2) is 0 Å². The van der Waals surface area contributed by atoms with Crippen molar-refractivity contribution in [2.45, 2.75) is 31.6 Å². The van der Waals surface area contributed by atoms with Crippen LogP contribution in [0, 0.1) is 12.7 Å². The van der Waals surface area contributed by atoms with Crippen molar-refractivity contribution in [3.8, 4) is 11.1 Å². The number of nitrogens with one attached hydrogen (secondary N) is 2. The Morgan fingerprint density at radius 2 is 1.97 bits per heavy atom. The molecule has 2 aromatic carbocycles. The molecule has 39 heavy (non-hydrogen) atoms. The predicted molar refractivity (Wildman–Crippen MR) is 148 cm³/mol. The zero-order valence-electron chi connectivity index (χ0n) is 20.7. The molecule has 3 heterocycles. The molecule has 3 aromatic heterocycles. The summed E-state index contributed by atoms with van der Waals surface area (Å²) >= 11 is 6.71. The SMILES string of the molecule is Cc1ccc2c(c1)c(-c1ccc[nH]c1=O)c(C(=O)NS(=O)(=O)C1CC1)n2Cc1cnc2ccc(F)cc2c1Cl. The van der Waals surface area contributed by atoms with Crippen molar-refractivity contribution >= 4 is 49.3 Å². The van der Waals surface area contributed by atoms with Crippen LogP contribution in [0.1, 0.15) is 34.5 Å². The number of hydrogen-bond donors (Lipinski definition) is 2. The minimum atomic E-state index is -3.90. The summed E-state index contributed by atoms with van der Waals surface area (Å²) in [6.07, 6.45) is 3.98. The molecule has 2 N–H and O–H groups in total. The van der Waals surface area contributed by atoms with Crippen LogP contribution in [0.3, 0.4) is 0 Å². The molecule has 1 fully saturated rings. The topological polar surface area (TPSA) is 114 Å². The highest BCUT2D eigenvalue weighted by atomic mass is 35.5. The molecule has 1 aliphatic carbocycles. The Kier molecular flexibility index (Phi) is 6.04. The van der Waals surface area contributed by atoms with Crippen LogP contribution in [0.4, 0.5) is 4.39 Å². The number of pyridine rings is 2. The van der Waals surface area contributed by atoms with E-state index in [1.165, 1.54) is 24.4 Å². The normalized spacial score (nSPS) is 13.7. The molecule has 1 aliphatic rings. The third-order valence-corrected chi connectivity index (χ3v) is 9.15. The van der Waals surface area contributed by atoms with Crippen molar-refractivity contribution in [3.05, 3.63) is 98.9 Å². The van der Waals surface area contributed by atoms with E-state index in [2.05, 4.69) is 14.7 Å². The number of aryl methyl sites for hydroxylation is 1. The van der Waals surface area contributed by atoms with Gasteiger partial charge < -0.3 is 9.55 Å². The van der Waals surface area contributed by atoms with Gasteiger partial charge in [-0.05, 0) is 62.2 Å². The summed E-state index contributed by atoms with van der Waals surface area (Å²) in [4.78, 5) is 33.8. The van der Waals surface area contributed by atoms with Crippen molar-refractivity contribution in [1.29, 1.82) is 0 Å². The third-order valence-electron chi connectivity index (χ3n) is 6.88. The molecule has 0 atom stereocenters.